The summed E-state index contributed by atoms with van der Waals surface area (Å²) in [6.07, 6.45) is 7.31. The average Bonchev–Trinajstić information content (AvgIpc) is 2.72. The minimum absolute atomic E-state index is 0. The van der Waals surface area contributed by atoms with Gasteiger partial charge in [-0.15, -0.1) is 24.8 Å². The van der Waals surface area contributed by atoms with Gasteiger partial charge in [0.1, 0.15) is 12.9 Å². The van der Waals surface area contributed by atoms with Gasteiger partial charge in [0.05, 0.1) is 5.52 Å². The number of nitrogens with one attached hydrogen (secondary N) is 3. The zero-order chi connectivity index (χ0) is 21.8. The summed E-state index contributed by atoms with van der Waals surface area (Å²) < 4.78 is 0. The van der Waals surface area contributed by atoms with E-state index in [0.717, 1.165) is 61.4 Å². The number of aromatic nitrogens is 2. The topological polar surface area (TPSA) is 127 Å². The molecule has 9 nitrogen and oxygen atoms in total. The third-order valence-corrected chi connectivity index (χ3v) is 6.11. The van der Waals surface area contributed by atoms with Crippen molar-refractivity contribution in [3.05, 3.63) is 29.6 Å². The number of fused-ring (bicyclic) bond motifs is 1. The van der Waals surface area contributed by atoms with Crippen LogP contribution in [-0.2, 0) is 4.84 Å². The molecule has 2 aliphatic rings. The lowest BCUT2D eigenvalue weighted by Gasteiger charge is -2.33. The molecular formula is C22H33Cl2N7O2. The van der Waals surface area contributed by atoms with E-state index in [1.54, 1.807) is 0 Å². The van der Waals surface area contributed by atoms with Crippen molar-refractivity contribution in [1.82, 2.24) is 20.6 Å². The molecule has 33 heavy (non-hydrogen) atoms. The summed E-state index contributed by atoms with van der Waals surface area (Å²) in [5.74, 6) is 0.912. The number of carbonyl (C=O) groups excluding carboxylic acids is 1. The third kappa shape index (κ3) is 6.51. The summed E-state index contributed by atoms with van der Waals surface area (Å²) in [6, 6.07) is 6.39. The first-order valence-corrected chi connectivity index (χ1v) is 11.0. The molecule has 11 heteroatoms. The Morgan fingerprint density at radius 1 is 1.06 bits per heavy atom. The van der Waals surface area contributed by atoms with Crippen molar-refractivity contribution in [1.29, 1.82) is 0 Å². The lowest BCUT2D eigenvalue weighted by atomic mass is 9.90. The van der Waals surface area contributed by atoms with Crippen LogP contribution < -0.4 is 21.7 Å². The first kappa shape index (κ1) is 26.7. The quantitative estimate of drug-likeness (QED) is 0.274. The highest BCUT2D eigenvalue weighted by Gasteiger charge is 2.28. The number of rotatable bonds is 6. The van der Waals surface area contributed by atoms with E-state index in [-0.39, 0.29) is 60.6 Å². The van der Waals surface area contributed by atoms with Crippen molar-refractivity contribution in [2.45, 2.75) is 70.0 Å². The molecule has 1 aromatic carbocycles. The monoisotopic (exact) mass is 497 g/mol. The average molecular weight is 498 g/mol. The van der Waals surface area contributed by atoms with E-state index in [4.69, 9.17) is 10.6 Å². The van der Waals surface area contributed by atoms with Gasteiger partial charge in [-0.05, 0) is 56.3 Å². The molecule has 5 N–H and O–H groups in total. The largest absolute Gasteiger partial charge is 0.396 e. The molecule has 1 amide bonds. The van der Waals surface area contributed by atoms with Gasteiger partial charge in [0.2, 0.25) is 11.8 Å². The molecule has 2 saturated carbocycles. The molecule has 2 aliphatic carbocycles. The summed E-state index contributed by atoms with van der Waals surface area (Å²) in [5.41, 5.74) is 7.78. The molecule has 2 fully saturated rings. The van der Waals surface area contributed by atoms with Crippen molar-refractivity contribution >= 4 is 53.4 Å². The Balaban J connectivity index is 0.00000193. The Kier molecular flexibility index (Phi) is 9.79. The van der Waals surface area contributed by atoms with Crippen LogP contribution in [0, 0.1) is 6.92 Å². The molecule has 0 unspecified atom stereocenters. The molecular weight excluding hydrogens is 465 g/mol. The summed E-state index contributed by atoms with van der Waals surface area (Å²) in [4.78, 5) is 26.7. The number of oxime groups is 1. The maximum Gasteiger partial charge on any atom is 0.289 e. The minimum Gasteiger partial charge on any atom is -0.396 e. The van der Waals surface area contributed by atoms with Crippen LogP contribution in [0.4, 0.5) is 5.82 Å². The zero-order valence-electron chi connectivity index (χ0n) is 19.0. The second kappa shape index (κ2) is 12.1. The van der Waals surface area contributed by atoms with Crippen LogP contribution in [-0.4, -0.2) is 47.1 Å². The minimum atomic E-state index is -0.218. The van der Waals surface area contributed by atoms with Crippen LogP contribution in [0.2, 0.25) is 0 Å². The SMILES string of the molecule is CO/N=C(/N)N[C@@H]1CCCC[C@@H]1Nc1nc(C(=O)NC2CCC2)nc2ccc(C)cc12.Cl.Cl. The zero-order valence-corrected chi connectivity index (χ0v) is 20.6. The number of halogens is 2. The van der Waals surface area contributed by atoms with Crippen LogP contribution in [0.5, 0.6) is 0 Å². The normalized spacial score (nSPS) is 20.6. The fourth-order valence-electron chi connectivity index (χ4n) is 4.22. The fourth-order valence-corrected chi connectivity index (χ4v) is 4.22. The smallest absolute Gasteiger partial charge is 0.289 e. The van der Waals surface area contributed by atoms with Crippen molar-refractivity contribution < 1.29 is 9.63 Å². The third-order valence-electron chi connectivity index (χ3n) is 6.11. The van der Waals surface area contributed by atoms with E-state index in [1.807, 2.05) is 19.1 Å². The molecule has 0 aliphatic heterocycles. The van der Waals surface area contributed by atoms with Crippen LogP contribution in [0.3, 0.4) is 0 Å². The van der Waals surface area contributed by atoms with Crippen LogP contribution >= 0.6 is 24.8 Å². The number of hydrogen-bond acceptors (Lipinski definition) is 6. The first-order chi connectivity index (χ1) is 15.0. The van der Waals surface area contributed by atoms with Crippen LogP contribution in [0.15, 0.2) is 23.4 Å². The summed E-state index contributed by atoms with van der Waals surface area (Å²) in [5, 5.41) is 14.5. The second-order valence-corrected chi connectivity index (χ2v) is 8.46. The predicted octanol–water partition coefficient (Wildman–Crippen LogP) is 3.25. The fraction of sp³-hybridized carbons (Fsp3) is 0.545. The number of benzene rings is 1. The Morgan fingerprint density at radius 2 is 1.79 bits per heavy atom. The van der Waals surface area contributed by atoms with Gasteiger partial charge >= 0.3 is 0 Å². The molecule has 0 spiro atoms. The number of nitrogens with zero attached hydrogens (tertiary/aromatic N) is 3. The lowest BCUT2D eigenvalue weighted by Crippen LogP contribution is -2.51. The molecule has 0 saturated heterocycles. The van der Waals surface area contributed by atoms with Gasteiger partial charge in [0.25, 0.3) is 5.91 Å². The van der Waals surface area contributed by atoms with Crippen molar-refractivity contribution in [3.63, 3.8) is 0 Å². The molecule has 1 aromatic heterocycles. The number of aryl methyl sites for hydroxylation is 1. The number of nitrogens with two attached hydrogens (primary N) is 1. The first-order valence-electron chi connectivity index (χ1n) is 11.0. The number of hydrogen-bond donors (Lipinski definition) is 4. The Labute approximate surface area is 206 Å². The van der Waals surface area contributed by atoms with E-state index >= 15 is 0 Å². The molecule has 0 radical (unpaired) electrons. The van der Waals surface area contributed by atoms with Crippen molar-refractivity contribution in [3.8, 4) is 0 Å². The molecule has 1 heterocycles. The van der Waals surface area contributed by atoms with Gasteiger partial charge in [0.15, 0.2) is 0 Å². The Morgan fingerprint density at radius 3 is 2.45 bits per heavy atom. The van der Waals surface area contributed by atoms with E-state index in [0.29, 0.717) is 5.82 Å². The Bertz CT molecular complexity index is 985. The summed E-state index contributed by atoms with van der Waals surface area (Å²) >= 11 is 0. The van der Waals surface area contributed by atoms with E-state index in [2.05, 4.69) is 37.1 Å². The molecule has 0 bridgehead atoms. The molecule has 2 aromatic rings. The summed E-state index contributed by atoms with van der Waals surface area (Å²) in [6.45, 7) is 2.04. The molecule has 2 atom stereocenters. The summed E-state index contributed by atoms with van der Waals surface area (Å²) in [7, 11) is 1.47. The predicted molar refractivity (Wildman–Crippen MR) is 135 cm³/mol. The van der Waals surface area contributed by atoms with Gasteiger partial charge in [-0.25, -0.2) is 9.97 Å². The maximum absolute atomic E-state index is 12.8. The number of amides is 1. The van der Waals surface area contributed by atoms with Gasteiger partial charge in [-0.2, -0.15) is 0 Å². The van der Waals surface area contributed by atoms with Crippen molar-refractivity contribution in [2.24, 2.45) is 10.9 Å². The van der Waals surface area contributed by atoms with E-state index < -0.39 is 0 Å². The second-order valence-electron chi connectivity index (χ2n) is 8.46. The van der Waals surface area contributed by atoms with E-state index in [9.17, 15) is 4.79 Å². The maximum atomic E-state index is 12.8. The van der Waals surface area contributed by atoms with Gasteiger partial charge in [0, 0.05) is 23.5 Å². The van der Waals surface area contributed by atoms with Crippen LogP contribution in [0.25, 0.3) is 10.9 Å². The standard InChI is InChI=1S/C22H31N7O2.2ClH/c1-13-10-11-16-15(12-13)19(28-20(25-16)21(30)24-14-6-5-7-14)26-17-8-3-4-9-18(17)27-22(23)29-31-2;;/h10-12,14,17-18H,3-9H2,1-2H3,(H,24,30)(H3,23,27,29)(H,25,26,28);2*1H/t17-,18+;;/m0../s1. The van der Waals surface area contributed by atoms with Crippen LogP contribution in [0.1, 0.15) is 61.1 Å². The van der Waals surface area contributed by atoms with Gasteiger partial charge in [-0.3, -0.25) is 4.79 Å². The highest BCUT2D eigenvalue weighted by molar-refractivity contribution is 5.97. The number of carbonyl (C=O) groups is 1. The highest BCUT2D eigenvalue weighted by atomic mass is 35.5. The number of anilines is 1. The highest BCUT2D eigenvalue weighted by Crippen LogP contribution is 2.27. The Hall–Kier alpha value is -2.52. The van der Waals surface area contributed by atoms with Gasteiger partial charge in [-0.1, -0.05) is 24.5 Å². The number of guanidine groups is 1. The van der Waals surface area contributed by atoms with E-state index in [1.165, 1.54) is 7.11 Å². The molecule has 4 rings (SSSR count). The van der Waals surface area contributed by atoms with Gasteiger partial charge < -0.3 is 26.5 Å². The molecule has 182 valence electrons. The lowest BCUT2D eigenvalue weighted by molar-refractivity contribution is 0.0907. The van der Waals surface area contributed by atoms with Crippen molar-refractivity contribution in [2.75, 3.05) is 12.4 Å².